The predicted octanol–water partition coefficient (Wildman–Crippen LogP) is -0.954. The standard InChI is InChI=1S/6Al.2HN.4N/h;;;;;;2*1H;;;;. The van der Waals surface area contributed by atoms with Gasteiger partial charge in [-0.15, -0.1) is 0 Å². The summed E-state index contributed by atoms with van der Waals surface area (Å²) in [7, 11) is 0. The van der Waals surface area contributed by atoms with Gasteiger partial charge in [-0.1, -0.05) is 0 Å². The Balaban J connectivity index is 0. The summed E-state index contributed by atoms with van der Waals surface area (Å²) in [5, 5.41) is 0. The van der Waals surface area contributed by atoms with Gasteiger partial charge >= 0.3 is 114 Å². The van der Waals surface area contributed by atoms with E-state index in [0.717, 1.165) is 0 Å². The third-order valence-electron chi connectivity index (χ3n) is 0.416. The molecular weight excluding hydrogens is 246 g/mol. The summed E-state index contributed by atoms with van der Waals surface area (Å²) in [5.41, 5.74) is 0. The van der Waals surface area contributed by atoms with Crippen LogP contribution in [-0.4, -0.2) is 93.2 Å². The molecule has 0 unspecified atom stereocenters. The Hall–Kier alpha value is 1.99. The molecule has 6 nitrogen and oxygen atoms in total. The second-order valence-electron chi connectivity index (χ2n) is 1.09. The first-order chi connectivity index (χ1) is 5.83. The van der Waals surface area contributed by atoms with Gasteiger partial charge in [0.2, 0.25) is 0 Å². The van der Waals surface area contributed by atoms with Gasteiger partial charge in [0.05, 0.1) is 0 Å². The molecule has 0 heterocycles. The quantitative estimate of drug-likeness (QED) is 0.599. The maximum atomic E-state index is 6.57. The summed E-state index contributed by atoms with van der Waals surface area (Å²) in [6.45, 7) is 0. The van der Waals surface area contributed by atoms with E-state index >= 15 is 0 Å². The van der Waals surface area contributed by atoms with Gasteiger partial charge in [0.1, 0.15) is 0 Å². The van der Waals surface area contributed by atoms with E-state index in [1.54, 1.807) is 0 Å². The molecule has 0 aliphatic rings. The molecule has 0 aromatic heterocycles. The first-order valence-electron chi connectivity index (χ1n) is 2.64. The van der Waals surface area contributed by atoms with E-state index < -0.39 is 30.5 Å². The summed E-state index contributed by atoms with van der Waals surface area (Å²) in [4.78, 5) is 0. The molecule has 0 fully saturated rings. The molecule has 0 amide bonds. The van der Waals surface area contributed by atoms with Gasteiger partial charge in [0, 0.05) is 0 Å². The molecule has 0 saturated carbocycles. The first kappa shape index (κ1) is 16.4. The van der Waals surface area contributed by atoms with Gasteiger partial charge in [-0.25, -0.2) is 0 Å². The Morgan fingerprint density at radius 2 is 1.17 bits per heavy atom. The second-order valence-corrected chi connectivity index (χ2v) is 6.83. The van der Waals surface area contributed by atoms with Crippen LogP contribution >= 0.6 is 0 Å². The minimum absolute atomic E-state index is 0.119. The fourth-order valence-electron chi connectivity index (χ4n) is 0.144. The number of nitrogens with zero attached hydrogens (tertiary/aromatic N) is 4. The van der Waals surface area contributed by atoms with Crippen LogP contribution < -0.4 is 0 Å². The Morgan fingerprint density at radius 3 is 1.25 bits per heavy atom. The van der Waals surface area contributed by atoms with Crippen LogP contribution in [0, 0.1) is 8.69 Å². The molecule has 2 N–H and O–H groups in total. The Kier molecular flexibility index (Phi) is 25.6. The van der Waals surface area contributed by atoms with Crippen molar-refractivity contribution in [3.05, 3.63) is 0 Å². The van der Waals surface area contributed by atoms with Crippen molar-refractivity contribution < 1.29 is 0 Å². The van der Waals surface area contributed by atoms with Gasteiger partial charge in [0.15, 0.2) is 0 Å². The van der Waals surface area contributed by atoms with Crippen molar-refractivity contribution in [2.75, 3.05) is 0 Å². The van der Waals surface area contributed by atoms with E-state index in [-0.39, 0.29) is 30.5 Å². The number of hydrogen-bond acceptors (Lipinski definition) is 2. The molecule has 0 atom stereocenters. The fraction of sp³-hybridized carbons (Fsp3) is 0. The van der Waals surface area contributed by atoms with E-state index in [9.17, 15) is 0 Å². The molecule has 50 valence electrons. The fourth-order valence-corrected chi connectivity index (χ4v) is 2.68. The Bertz CT molecular complexity index is 150. The summed E-state index contributed by atoms with van der Waals surface area (Å²) in [5.74, 6) is 0. The van der Waals surface area contributed by atoms with Crippen molar-refractivity contribution in [3.8, 4) is 0 Å². The maximum absolute atomic E-state index is 6.57. The Labute approximate surface area is 112 Å². The molecule has 0 aliphatic carbocycles. The zero-order valence-corrected chi connectivity index (χ0v) is 13.2. The van der Waals surface area contributed by atoms with Gasteiger partial charge in [-0.2, -0.15) is 0 Å². The normalized spacial score (nSPS) is 6.50. The van der Waals surface area contributed by atoms with Crippen LogP contribution in [0.1, 0.15) is 0 Å². The molecule has 0 saturated heterocycles. The summed E-state index contributed by atoms with van der Waals surface area (Å²) >= 11 is 3.39. The molecule has 0 aromatic carbocycles. The molecule has 0 aliphatic heterocycles. The van der Waals surface area contributed by atoms with E-state index in [2.05, 4.69) is 43.8 Å². The zero-order valence-electron chi connectivity index (χ0n) is 6.25. The first-order valence-corrected chi connectivity index (χ1v) is 7.93. The molecule has 0 spiro atoms. The summed E-state index contributed by atoms with van der Waals surface area (Å²) in [6.07, 6.45) is 0. The van der Waals surface area contributed by atoms with Crippen LogP contribution in [0.5, 0.6) is 0 Å². The van der Waals surface area contributed by atoms with E-state index in [1.807, 2.05) is 0 Å². The van der Waals surface area contributed by atoms with Crippen LogP contribution in [0.3, 0.4) is 0 Å². The predicted molar refractivity (Wildman–Crippen MR) is 49.7 cm³/mol. The van der Waals surface area contributed by atoms with Crippen molar-refractivity contribution in [2.45, 2.75) is 0 Å². The molecule has 0 bridgehead atoms. The average molecular weight is 248 g/mol. The van der Waals surface area contributed by atoms with Gasteiger partial charge in [0.25, 0.3) is 0 Å². The van der Waals surface area contributed by atoms with Crippen molar-refractivity contribution in [3.63, 3.8) is 0 Å². The minimum atomic E-state index is -0.411. The number of hydrogen-bond donors (Lipinski definition) is 2. The topological polar surface area (TPSA) is 97.1 Å². The molecule has 2 radical (unpaired) electrons. The molecule has 0 aromatic rings. The van der Waals surface area contributed by atoms with Crippen molar-refractivity contribution in [2.24, 2.45) is 11.6 Å². The third kappa shape index (κ3) is 22.7. The summed E-state index contributed by atoms with van der Waals surface area (Å²) in [6, 6.07) is 0. The average Bonchev–Trinajstić information content (AvgIpc) is 2.12. The molecule has 0 rings (SSSR count). The summed E-state index contributed by atoms with van der Waals surface area (Å²) < 4.78 is 27.9. The van der Waals surface area contributed by atoms with Crippen LogP contribution in [0.25, 0.3) is 0 Å². The van der Waals surface area contributed by atoms with E-state index in [0.29, 0.717) is 0 Å². The molecule has 12 heavy (non-hydrogen) atoms. The van der Waals surface area contributed by atoms with E-state index in [1.165, 1.54) is 0 Å². The molecular formula is H2Al6N6. The monoisotopic (exact) mass is 248 g/mol. The van der Waals surface area contributed by atoms with Crippen molar-refractivity contribution >= 4 is 93.2 Å². The van der Waals surface area contributed by atoms with Crippen molar-refractivity contribution in [1.29, 1.82) is 8.69 Å². The zero-order chi connectivity index (χ0) is 9.66. The SMILES string of the molecule is [NH]=[Al][N]=[Al][N]=[Al].[NH]=[Al][N]=[Al][N]=[Al]. The van der Waals surface area contributed by atoms with Crippen molar-refractivity contribution in [1.82, 2.24) is 0 Å². The van der Waals surface area contributed by atoms with Gasteiger partial charge in [-0.3, -0.25) is 0 Å². The number of nitrogens with one attached hydrogen (secondary N) is 2. The van der Waals surface area contributed by atoms with Crippen LogP contribution in [0.2, 0.25) is 0 Å². The third-order valence-corrected chi connectivity index (χ3v) is 3.74. The van der Waals surface area contributed by atoms with Gasteiger partial charge in [-0.05, 0) is 0 Å². The van der Waals surface area contributed by atoms with Gasteiger partial charge < -0.3 is 0 Å². The van der Waals surface area contributed by atoms with E-state index in [4.69, 9.17) is 8.69 Å². The Morgan fingerprint density at radius 1 is 0.833 bits per heavy atom. The number of rotatable bonds is 4. The van der Waals surface area contributed by atoms with Crippen LogP contribution in [-0.2, 0) is 0 Å². The van der Waals surface area contributed by atoms with Crippen LogP contribution in [0.4, 0.5) is 0 Å². The van der Waals surface area contributed by atoms with Crippen LogP contribution in [0.15, 0.2) is 11.6 Å². The second kappa shape index (κ2) is 18.7. The molecule has 12 heteroatoms.